The molecule has 3 aromatic heterocycles. The third-order valence-electron chi connectivity index (χ3n) is 5.05. The number of carbonyl (C=O) groups is 1. The minimum absolute atomic E-state index is 0.324. The molecule has 8 nitrogen and oxygen atoms in total. The maximum absolute atomic E-state index is 14.3. The van der Waals surface area contributed by atoms with E-state index >= 15 is 0 Å². The number of fused-ring (bicyclic) bond motifs is 1. The molecule has 0 radical (unpaired) electrons. The molecule has 0 bridgehead atoms. The molecule has 0 spiro atoms. The van der Waals surface area contributed by atoms with Crippen LogP contribution in [-0.2, 0) is 4.74 Å². The van der Waals surface area contributed by atoms with Gasteiger partial charge in [-0.3, -0.25) is 4.79 Å². The minimum atomic E-state index is -0.390. The van der Waals surface area contributed by atoms with Gasteiger partial charge in [-0.15, -0.1) is 5.10 Å². The number of rotatable bonds is 4. The van der Waals surface area contributed by atoms with Crippen LogP contribution in [0.15, 0.2) is 60.9 Å². The van der Waals surface area contributed by atoms with Crippen molar-refractivity contribution in [1.82, 2.24) is 19.6 Å². The molecule has 1 amide bonds. The highest BCUT2D eigenvalue weighted by molar-refractivity contribution is 6.08. The summed E-state index contributed by atoms with van der Waals surface area (Å²) in [6, 6.07) is 13.3. The second-order valence-electron chi connectivity index (χ2n) is 7.06. The fourth-order valence-electron chi connectivity index (χ4n) is 3.50. The van der Waals surface area contributed by atoms with Gasteiger partial charge in [0.1, 0.15) is 11.6 Å². The van der Waals surface area contributed by atoms with E-state index in [1.54, 1.807) is 54.9 Å². The fraction of sp³-hybridized carbons (Fsp3) is 0.182. The molecule has 5 rings (SSSR count). The SMILES string of the molecule is O=C(Nc1ccccn1)c1cc(N2CCOCC2)nn2cc(-c3ccccc3F)nc12. The van der Waals surface area contributed by atoms with Gasteiger partial charge in [0.05, 0.1) is 30.7 Å². The van der Waals surface area contributed by atoms with Gasteiger partial charge in [-0.1, -0.05) is 18.2 Å². The Kier molecular flexibility index (Phi) is 5.01. The summed E-state index contributed by atoms with van der Waals surface area (Å²) < 4.78 is 21.3. The van der Waals surface area contributed by atoms with Gasteiger partial charge in [-0.25, -0.2) is 18.9 Å². The highest BCUT2D eigenvalue weighted by Gasteiger charge is 2.21. The van der Waals surface area contributed by atoms with Crippen LogP contribution in [-0.4, -0.2) is 51.8 Å². The molecule has 1 aliphatic rings. The Morgan fingerprint density at radius 3 is 2.68 bits per heavy atom. The van der Waals surface area contributed by atoms with Crippen LogP contribution in [0.2, 0.25) is 0 Å². The Labute approximate surface area is 177 Å². The summed E-state index contributed by atoms with van der Waals surface area (Å²) in [4.78, 5) is 23.8. The van der Waals surface area contributed by atoms with Crippen molar-refractivity contribution in [3.63, 3.8) is 0 Å². The standard InChI is InChI=1S/C22H19FN6O2/c23-17-6-2-1-5-15(17)18-14-29-21(25-18)16(22(30)26-19-7-3-4-8-24-19)13-20(27-29)28-9-11-31-12-10-28/h1-8,13-14H,9-12H2,(H,24,26,30). The Balaban J connectivity index is 1.61. The van der Waals surface area contributed by atoms with Gasteiger partial charge in [-0.2, -0.15) is 0 Å². The molecule has 1 aromatic carbocycles. The van der Waals surface area contributed by atoms with Crippen molar-refractivity contribution in [3.05, 3.63) is 72.3 Å². The number of amides is 1. The van der Waals surface area contributed by atoms with Crippen molar-refractivity contribution in [1.29, 1.82) is 0 Å². The fourth-order valence-corrected chi connectivity index (χ4v) is 3.50. The summed E-state index contributed by atoms with van der Waals surface area (Å²) in [5, 5.41) is 7.42. The van der Waals surface area contributed by atoms with Crippen LogP contribution in [0.25, 0.3) is 16.9 Å². The van der Waals surface area contributed by atoms with Gasteiger partial charge in [0, 0.05) is 24.8 Å². The molecule has 4 heterocycles. The number of carbonyl (C=O) groups excluding carboxylic acids is 1. The molecule has 31 heavy (non-hydrogen) atoms. The van der Waals surface area contributed by atoms with Crippen molar-refractivity contribution in [3.8, 4) is 11.3 Å². The first kappa shape index (κ1) is 19.1. The van der Waals surface area contributed by atoms with E-state index in [2.05, 4.69) is 20.4 Å². The average Bonchev–Trinajstić information content (AvgIpc) is 3.24. The molecule has 0 atom stereocenters. The van der Waals surface area contributed by atoms with Crippen LogP contribution < -0.4 is 10.2 Å². The maximum atomic E-state index is 14.3. The third kappa shape index (κ3) is 3.82. The number of pyridine rings is 1. The average molecular weight is 418 g/mol. The lowest BCUT2D eigenvalue weighted by Crippen LogP contribution is -2.37. The van der Waals surface area contributed by atoms with Crippen molar-refractivity contribution in [2.24, 2.45) is 0 Å². The van der Waals surface area contributed by atoms with Gasteiger partial charge >= 0.3 is 0 Å². The number of ether oxygens (including phenoxy) is 1. The zero-order valence-electron chi connectivity index (χ0n) is 16.5. The van der Waals surface area contributed by atoms with Gasteiger partial charge in [0.25, 0.3) is 5.91 Å². The second-order valence-corrected chi connectivity index (χ2v) is 7.06. The summed E-state index contributed by atoms with van der Waals surface area (Å²) >= 11 is 0. The van der Waals surface area contributed by atoms with Crippen LogP contribution in [0, 0.1) is 5.82 Å². The highest BCUT2D eigenvalue weighted by Crippen LogP contribution is 2.25. The van der Waals surface area contributed by atoms with Crippen LogP contribution >= 0.6 is 0 Å². The van der Waals surface area contributed by atoms with Crippen molar-refractivity contribution in [2.45, 2.75) is 0 Å². The number of imidazole rings is 1. The van der Waals surface area contributed by atoms with Crippen LogP contribution in [0.5, 0.6) is 0 Å². The molecular formula is C22H19FN6O2. The molecule has 0 unspecified atom stereocenters. The number of morpholine rings is 1. The van der Waals surface area contributed by atoms with Gasteiger partial charge in [0.15, 0.2) is 11.5 Å². The Hall–Kier alpha value is -3.85. The van der Waals surface area contributed by atoms with Crippen LogP contribution in [0.3, 0.4) is 0 Å². The van der Waals surface area contributed by atoms with E-state index < -0.39 is 5.82 Å². The van der Waals surface area contributed by atoms with Gasteiger partial charge in [0.2, 0.25) is 0 Å². The summed E-state index contributed by atoms with van der Waals surface area (Å²) in [5.74, 6) is 0.292. The van der Waals surface area contributed by atoms with E-state index in [4.69, 9.17) is 4.74 Å². The number of nitrogens with zero attached hydrogens (tertiary/aromatic N) is 5. The molecule has 156 valence electrons. The molecule has 0 aliphatic carbocycles. The molecule has 1 saturated heterocycles. The number of halogens is 1. The van der Waals surface area contributed by atoms with Crippen molar-refractivity contribution >= 4 is 23.2 Å². The van der Waals surface area contributed by atoms with E-state index in [9.17, 15) is 9.18 Å². The number of hydrogen-bond acceptors (Lipinski definition) is 6. The number of nitrogens with one attached hydrogen (secondary N) is 1. The van der Waals surface area contributed by atoms with Crippen molar-refractivity contribution in [2.75, 3.05) is 36.5 Å². The predicted molar refractivity (Wildman–Crippen MR) is 114 cm³/mol. The van der Waals surface area contributed by atoms with Crippen molar-refractivity contribution < 1.29 is 13.9 Å². The third-order valence-corrected chi connectivity index (χ3v) is 5.05. The number of hydrogen-bond donors (Lipinski definition) is 1. The lowest BCUT2D eigenvalue weighted by Gasteiger charge is -2.27. The monoisotopic (exact) mass is 418 g/mol. The molecule has 1 fully saturated rings. The Morgan fingerprint density at radius 1 is 1.10 bits per heavy atom. The molecular weight excluding hydrogens is 399 g/mol. The molecule has 0 saturated carbocycles. The zero-order chi connectivity index (χ0) is 21.2. The maximum Gasteiger partial charge on any atom is 0.260 e. The first-order valence-electron chi connectivity index (χ1n) is 9.89. The van der Waals surface area contributed by atoms with Crippen LogP contribution in [0.4, 0.5) is 16.0 Å². The van der Waals surface area contributed by atoms with Gasteiger partial charge < -0.3 is 15.0 Å². The summed E-state index contributed by atoms with van der Waals surface area (Å²) in [6.07, 6.45) is 3.23. The lowest BCUT2D eigenvalue weighted by atomic mass is 10.1. The largest absolute Gasteiger partial charge is 0.378 e. The lowest BCUT2D eigenvalue weighted by molar-refractivity contribution is 0.102. The summed E-state index contributed by atoms with van der Waals surface area (Å²) in [6.45, 7) is 2.49. The summed E-state index contributed by atoms with van der Waals surface area (Å²) in [5.41, 5.74) is 1.40. The minimum Gasteiger partial charge on any atom is -0.378 e. The number of anilines is 2. The highest BCUT2D eigenvalue weighted by atomic mass is 19.1. The van der Waals surface area contributed by atoms with E-state index in [0.29, 0.717) is 60.4 Å². The quantitative estimate of drug-likeness (QED) is 0.549. The number of aromatic nitrogens is 4. The first-order chi connectivity index (χ1) is 15.2. The Bertz CT molecular complexity index is 1240. The molecule has 4 aromatic rings. The molecule has 1 aliphatic heterocycles. The molecule has 1 N–H and O–H groups in total. The predicted octanol–water partition coefficient (Wildman–Crippen LogP) is 3.02. The van der Waals surface area contributed by atoms with E-state index in [0.717, 1.165) is 0 Å². The zero-order valence-corrected chi connectivity index (χ0v) is 16.5. The molecule has 9 heteroatoms. The smallest absolute Gasteiger partial charge is 0.260 e. The van der Waals surface area contributed by atoms with E-state index in [-0.39, 0.29) is 5.91 Å². The Morgan fingerprint density at radius 2 is 1.90 bits per heavy atom. The van der Waals surface area contributed by atoms with Gasteiger partial charge in [-0.05, 0) is 30.3 Å². The summed E-state index contributed by atoms with van der Waals surface area (Å²) in [7, 11) is 0. The first-order valence-corrected chi connectivity index (χ1v) is 9.89. The van der Waals surface area contributed by atoms with E-state index in [1.807, 2.05) is 4.90 Å². The van der Waals surface area contributed by atoms with Crippen LogP contribution in [0.1, 0.15) is 10.4 Å². The van der Waals surface area contributed by atoms with E-state index in [1.165, 1.54) is 10.6 Å². The topological polar surface area (TPSA) is 84.7 Å². The normalized spacial score (nSPS) is 14.0. The second kappa shape index (κ2) is 8.11. The number of benzene rings is 1.